The minimum absolute atomic E-state index is 0.325. The molecule has 2 N–H and O–H groups in total. The van der Waals surface area contributed by atoms with E-state index in [2.05, 4.69) is 10.0 Å². The third kappa shape index (κ3) is 6.18. The smallest absolute Gasteiger partial charge is 0.279 e. The maximum Gasteiger partial charge on any atom is 0.279 e. The fraction of sp³-hybridized carbons (Fsp3) is 1.00. The normalized spacial score (nSPS) is 18.1. The van der Waals surface area contributed by atoms with Crippen LogP contribution in [0, 0.1) is 5.92 Å². The van der Waals surface area contributed by atoms with Crippen molar-refractivity contribution < 1.29 is 13.2 Å². The monoisotopic (exact) mass is 293 g/mol. The average Bonchev–Trinajstić information content (AvgIpc) is 2.39. The van der Waals surface area contributed by atoms with Crippen LogP contribution < -0.4 is 10.0 Å². The van der Waals surface area contributed by atoms with Gasteiger partial charge in [-0.1, -0.05) is 6.92 Å². The summed E-state index contributed by atoms with van der Waals surface area (Å²) < 4.78 is 33.5. The largest absolute Gasteiger partial charge is 0.383 e. The average molecular weight is 293 g/mol. The van der Waals surface area contributed by atoms with Gasteiger partial charge in [0.2, 0.25) is 0 Å². The van der Waals surface area contributed by atoms with Gasteiger partial charge in [0, 0.05) is 26.7 Å². The van der Waals surface area contributed by atoms with Crippen molar-refractivity contribution in [2.45, 2.75) is 26.2 Å². The van der Waals surface area contributed by atoms with Gasteiger partial charge >= 0.3 is 0 Å². The van der Waals surface area contributed by atoms with Gasteiger partial charge in [-0.05, 0) is 38.3 Å². The highest BCUT2D eigenvalue weighted by Gasteiger charge is 2.25. The molecule has 1 rings (SSSR count). The van der Waals surface area contributed by atoms with Crippen molar-refractivity contribution in [3.8, 4) is 0 Å². The van der Waals surface area contributed by atoms with Gasteiger partial charge in [-0.2, -0.15) is 17.4 Å². The number of hydrogen-bond acceptors (Lipinski definition) is 4. The van der Waals surface area contributed by atoms with Gasteiger partial charge in [0.15, 0.2) is 0 Å². The molecule has 0 saturated carbocycles. The van der Waals surface area contributed by atoms with E-state index >= 15 is 0 Å². The van der Waals surface area contributed by atoms with Gasteiger partial charge in [0.05, 0.1) is 6.61 Å². The van der Waals surface area contributed by atoms with Crippen LogP contribution in [0.1, 0.15) is 26.2 Å². The zero-order valence-electron chi connectivity index (χ0n) is 12.0. The lowest BCUT2D eigenvalue weighted by Gasteiger charge is -2.29. The molecule has 0 aromatic heterocycles. The third-order valence-electron chi connectivity index (χ3n) is 3.32. The van der Waals surface area contributed by atoms with E-state index in [0.29, 0.717) is 32.2 Å². The van der Waals surface area contributed by atoms with Crippen LogP contribution in [-0.2, 0) is 14.9 Å². The first-order chi connectivity index (χ1) is 9.10. The summed E-state index contributed by atoms with van der Waals surface area (Å²) in [6.07, 6.45) is 2.93. The molecule has 0 aromatic carbocycles. The van der Waals surface area contributed by atoms with Crippen LogP contribution in [0.3, 0.4) is 0 Å². The summed E-state index contributed by atoms with van der Waals surface area (Å²) in [7, 11) is -1.81. The van der Waals surface area contributed by atoms with Gasteiger partial charge < -0.3 is 10.1 Å². The van der Waals surface area contributed by atoms with Crippen molar-refractivity contribution in [1.82, 2.24) is 14.3 Å². The van der Waals surface area contributed by atoms with Crippen molar-refractivity contribution in [3.63, 3.8) is 0 Å². The van der Waals surface area contributed by atoms with Crippen LogP contribution in [0.2, 0.25) is 0 Å². The van der Waals surface area contributed by atoms with Gasteiger partial charge in [0.25, 0.3) is 10.2 Å². The molecule has 0 aromatic rings. The molecular formula is C12H27N3O3S. The first-order valence-electron chi connectivity index (χ1n) is 7.04. The predicted octanol–water partition coefficient (Wildman–Crippen LogP) is 0.179. The number of rotatable bonds is 9. The lowest BCUT2D eigenvalue weighted by atomic mass is 9.98. The highest BCUT2D eigenvalue weighted by Crippen LogP contribution is 2.15. The van der Waals surface area contributed by atoms with E-state index in [1.165, 1.54) is 0 Å². The van der Waals surface area contributed by atoms with Crippen molar-refractivity contribution in [1.29, 1.82) is 0 Å². The first kappa shape index (κ1) is 16.8. The molecule has 0 amide bonds. The van der Waals surface area contributed by atoms with E-state index in [1.807, 2.05) is 6.92 Å². The second-order valence-electron chi connectivity index (χ2n) is 4.94. The second kappa shape index (κ2) is 8.86. The molecule has 19 heavy (non-hydrogen) atoms. The molecule has 1 fully saturated rings. The predicted molar refractivity (Wildman–Crippen MR) is 76.3 cm³/mol. The minimum Gasteiger partial charge on any atom is -0.383 e. The molecule has 1 heterocycles. The zero-order chi connectivity index (χ0) is 14.1. The quantitative estimate of drug-likeness (QED) is 0.595. The molecule has 0 atom stereocenters. The molecule has 6 nitrogen and oxygen atoms in total. The summed E-state index contributed by atoms with van der Waals surface area (Å²) in [5.74, 6) is 0.465. The second-order valence-corrected chi connectivity index (χ2v) is 6.70. The lowest BCUT2D eigenvalue weighted by molar-refractivity contribution is 0.203. The number of nitrogens with zero attached hydrogens (tertiary/aromatic N) is 1. The number of methoxy groups -OCH3 is 1. The van der Waals surface area contributed by atoms with Crippen LogP contribution in [0.25, 0.3) is 0 Å². The Balaban J connectivity index is 2.53. The Morgan fingerprint density at radius 2 is 2.05 bits per heavy atom. The zero-order valence-corrected chi connectivity index (χ0v) is 12.8. The molecule has 114 valence electrons. The Bertz CT molecular complexity index is 329. The Labute approximate surface area is 117 Å². The maximum absolute atomic E-state index is 12.2. The summed E-state index contributed by atoms with van der Waals surface area (Å²) in [5.41, 5.74) is 0. The minimum atomic E-state index is -3.37. The van der Waals surface area contributed by atoms with Gasteiger partial charge in [-0.3, -0.25) is 0 Å². The number of piperidine rings is 1. The van der Waals surface area contributed by atoms with E-state index in [9.17, 15) is 8.42 Å². The molecule has 1 aliphatic heterocycles. The van der Waals surface area contributed by atoms with Crippen LogP contribution in [0.15, 0.2) is 0 Å². The maximum atomic E-state index is 12.2. The lowest BCUT2D eigenvalue weighted by Crippen LogP contribution is -2.45. The van der Waals surface area contributed by atoms with Gasteiger partial charge in [0.1, 0.15) is 0 Å². The topological polar surface area (TPSA) is 70.7 Å². The van der Waals surface area contributed by atoms with Crippen molar-refractivity contribution >= 4 is 10.2 Å². The van der Waals surface area contributed by atoms with Crippen LogP contribution >= 0.6 is 0 Å². The summed E-state index contributed by atoms with van der Waals surface area (Å²) in [6, 6.07) is 0. The van der Waals surface area contributed by atoms with Crippen LogP contribution in [0.5, 0.6) is 0 Å². The number of nitrogens with one attached hydrogen (secondary N) is 2. The van der Waals surface area contributed by atoms with Gasteiger partial charge in [-0.25, -0.2) is 0 Å². The molecule has 0 radical (unpaired) electrons. The summed E-state index contributed by atoms with van der Waals surface area (Å²) in [5, 5.41) is 3.30. The highest BCUT2D eigenvalue weighted by molar-refractivity contribution is 7.87. The molecule has 0 bridgehead atoms. The van der Waals surface area contributed by atoms with E-state index in [0.717, 1.165) is 32.4 Å². The molecule has 0 spiro atoms. The fourth-order valence-electron chi connectivity index (χ4n) is 2.28. The SMILES string of the molecule is CCCN(CC1CCNCC1)S(=O)(=O)NCCOC. The molecular weight excluding hydrogens is 266 g/mol. The highest BCUT2D eigenvalue weighted by atomic mass is 32.2. The third-order valence-corrected chi connectivity index (χ3v) is 4.90. The Hall–Kier alpha value is -0.210. The Kier molecular flexibility index (Phi) is 7.86. The van der Waals surface area contributed by atoms with Gasteiger partial charge in [-0.15, -0.1) is 0 Å². The van der Waals surface area contributed by atoms with E-state index in [-0.39, 0.29) is 0 Å². The molecule has 0 unspecified atom stereocenters. The first-order valence-corrected chi connectivity index (χ1v) is 8.48. The number of ether oxygens (including phenoxy) is 1. The fourth-order valence-corrected chi connectivity index (χ4v) is 3.63. The summed E-state index contributed by atoms with van der Waals surface area (Å²) in [6.45, 7) is 5.89. The Morgan fingerprint density at radius 3 is 2.63 bits per heavy atom. The molecule has 0 aliphatic carbocycles. The van der Waals surface area contributed by atoms with E-state index in [1.54, 1.807) is 11.4 Å². The Morgan fingerprint density at radius 1 is 1.37 bits per heavy atom. The van der Waals surface area contributed by atoms with E-state index in [4.69, 9.17) is 4.74 Å². The summed E-state index contributed by atoms with van der Waals surface area (Å²) >= 11 is 0. The van der Waals surface area contributed by atoms with Crippen LogP contribution in [-0.4, -0.2) is 59.2 Å². The number of hydrogen-bond donors (Lipinski definition) is 2. The molecule has 1 saturated heterocycles. The van der Waals surface area contributed by atoms with Crippen molar-refractivity contribution in [2.75, 3.05) is 46.4 Å². The standard InChI is InChI=1S/C12H27N3O3S/c1-3-9-15(11-12-4-6-13-7-5-12)19(16,17)14-8-10-18-2/h12-14H,3-11H2,1-2H3. The molecule has 7 heteroatoms. The van der Waals surface area contributed by atoms with Crippen LogP contribution in [0.4, 0.5) is 0 Å². The van der Waals surface area contributed by atoms with Crippen molar-refractivity contribution in [3.05, 3.63) is 0 Å². The van der Waals surface area contributed by atoms with E-state index < -0.39 is 10.2 Å². The molecule has 1 aliphatic rings. The summed E-state index contributed by atoms with van der Waals surface area (Å²) in [4.78, 5) is 0. The van der Waals surface area contributed by atoms with Crippen molar-refractivity contribution in [2.24, 2.45) is 5.92 Å².